The summed E-state index contributed by atoms with van der Waals surface area (Å²) in [6.45, 7) is 14.9. The largest absolute Gasteiger partial charge is 0.361 e. The Kier molecular flexibility index (Phi) is 6.11. The summed E-state index contributed by atoms with van der Waals surface area (Å²) in [6, 6.07) is 5.48. The molecule has 0 aromatic carbocycles. The standard InChI is InChI=1S/C20H31N5O2/c1-16-15-17(27-22-16)7-8-23-9-11-24(12-10-23)13-14-25-19(26)6-5-18(21-25)20(2,3)4/h5-6,15H,7-14H2,1-4H3. The minimum absolute atomic E-state index is 0.0241. The van der Waals surface area contributed by atoms with Gasteiger partial charge >= 0.3 is 0 Å². The van der Waals surface area contributed by atoms with Gasteiger partial charge in [-0.15, -0.1) is 0 Å². The Hall–Kier alpha value is -1.99. The van der Waals surface area contributed by atoms with Crippen molar-refractivity contribution in [3.05, 3.63) is 45.7 Å². The fourth-order valence-corrected chi connectivity index (χ4v) is 3.28. The SMILES string of the molecule is Cc1cc(CCN2CCN(CCn3nc(C(C)(C)C)ccc3=O)CC2)on1. The molecule has 0 saturated carbocycles. The zero-order valence-corrected chi connectivity index (χ0v) is 16.9. The molecule has 0 N–H and O–H groups in total. The molecule has 27 heavy (non-hydrogen) atoms. The maximum atomic E-state index is 12.1. The Balaban J connectivity index is 1.45. The Morgan fingerprint density at radius 1 is 1.04 bits per heavy atom. The van der Waals surface area contributed by atoms with Crippen molar-refractivity contribution in [1.82, 2.24) is 24.7 Å². The lowest BCUT2D eigenvalue weighted by Gasteiger charge is -2.34. The van der Waals surface area contributed by atoms with Crippen LogP contribution >= 0.6 is 0 Å². The normalized spacial score (nSPS) is 16.7. The molecule has 1 aliphatic heterocycles. The number of hydrogen-bond acceptors (Lipinski definition) is 6. The van der Waals surface area contributed by atoms with E-state index in [1.54, 1.807) is 10.7 Å². The van der Waals surface area contributed by atoms with Gasteiger partial charge in [-0.2, -0.15) is 5.10 Å². The van der Waals surface area contributed by atoms with Gasteiger partial charge in [0, 0.05) is 63.2 Å². The van der Waals surface area contributed by atoms with Crippen LogP contribution in [-0.4, -0.2) is 64.0 Å². The van der Waals surface area contributed by atoms with Crippen LogP contribution in [0.3, 0.4) is 0 Å². The second-order valence-electron chi connectivity index (χ2n) is 8.40. The van der Waals surface area contributed by atoms with E-state index >= 15 is 0 Å². The van der Waals surface area contributed by atoms with Crippen LogP contribution in [0.5, 0.6) is 0 Å². The number of hydrogen-bond donors (Lipinski definition) is 0. The van der Waals surface area contributed by atoms with E-state index in [1.165, 1.54) is 0 Å². The Labute approximate surface area is 160 Å². The molecule has 1 saturated heterocycles. The highest BCUT2D eigenvalue weighted by atomic mass is 16.5. The van der Waals surface area contributed by atoms with Crippen molar-refractivity contribution in [2.24, 2.45) is 0 Å². The first-order valence-electron chi connectivity index (χ1n) is 9.77. The molecule has 0 atom stereocenters. The lowest BCUT2D eigenvalue weighted by atomic mass is 9.92. The molecule has 0 bridgehead atoms. The Morgan fingerprint density at radius 2 is 1.70 bits per heavy atom. The zero-order valence-electron chi connectivity index (χ0n) is 16.9. The summed E-state index contributed by atoms with van der Waals surface area (Å²) in [7, 11) is 0. The number of aryl methyl sites for hydroxylation is 1. The highest BCUT2D eigenvalue weighted by molar-refractivity contribution is 5.10. The smallest absolute Gasteiger partial charge is 0.266 e. The van der Waals surface area contributed by atoms with Crippen LogP contribution in [0.25, 0.3) is 0 Å². The van der Waals surface area contributed by atoms with Crippen LogP contribution in [0.1, 0.15) is 37.9 Å². The van der Waals surface area contributed by atoms with Crippen LogP contribution < -0.4 is 5.56 Å². The van der Waals surface area contributed by atoms with Crippen LogP contribution in [0.15, 0.2) is 27.5 Å². The van der Waals surface area contributed by atoms with E-state index in [4.69, 9.17) is 4.52 Å². The summed E-state index contributed by atoms with van der Waals surface area (Å²) in [6.07, 6.45) is 0.903. The molecule has 1 aliphatic rings. The summed E-state index contributed by atoms with van der Waals surface area (Å²) in [5.74, 6) is 0.958. The molecule has 1 fully saturated rings. The van der Waals surface area contributed by atoms with Gasteiger partial charge in [0.15, 0.2) is 0 Å². The van der Waals surface area contributed by atoms with Gasteiger partial charge in [-0.25, -0.2) is 4.68 Å². The predicted octanol–water partition coefficient (Wildman–Crippen LogP) is 1.70. The van der Waals surface area contributed by atoms with Crippen LogP contribution in [-0.2, 0) is 18.4 Å². The molecule has 3 rings (SSSR count). The monoisotopic (exact) mass is 373 g/mol. The number of nitrogens with zero attached hydrogens (tertiary/aromatic N) is 5. The second-order valence-corrected chi connectivity index (χ2v) is 8.40. The summed E-state index contributed by atoms with van der Waals surface area (Å²) >= 11 is 0. The third-order valence-corrected chi connectivity index (χ3v) is 5.08. The summed E-state index contributed by atoms with van der Waals surface area (Å²) in [5.41, 5.74) is 1.82. The van der Waals surface area contributed by atoms with Crippen molar-refractivity contribution in [2.45, 2.75) is 46.1 Å². The van der Waals surface area contributed by atoms with Gasteiger partial charge in [0.1, 0.15) is 5.76 Å². The molecular weight excluding hydrogens is 342 g/mol. The molecule has 0 spiro atoms. The van der Waals surface area contributed by atoms with Gasteiger partial charge in [-0.3, -0.25) is 9.69 Å². The Bertz CT molecular complexity index is 797. The van der Waals surface area contributed by atoms with E-state index in [-0.39, 0.29) is 11.0 Å². The maximum Gasteiger partial charge on any atom is 0.266 e. The third kappa shape index (κ3) is 5.49. The van der Waals surface area contributed by atoms with Gasteiger partial charge in [0.2, 0.25) is 0 Å². The molecule has 0 unspecified atom stereocenters. The number of piperazine rings is 1. The number of rotatable bonds is 6. The molecular formula is C20H31N5O2. The minimum Gasteiger partial charge on any atom is -0.361 e. The molecule has 0 radical (unpaired) electrons. The molecule has 7 nitrogen and oxygen atoms in total. The fourth-order valence-electron chi connectivity index (χ4n) is 3.28. The van der Waals surface area contributed by atoms with Crippen molar-refractivity contribution in [3.63, 3.8) is 0 Å². The lowest BCUT2D eigenvalue weighted by molar-refractivity contribution is 0.127. The van der Waals surface area contributed by atoms with Crippen molar-refractivity contribution in [2.75, 3.05) is 39.3 Å². The van der Waals surface area contributed by atoms with Gasteiger partial charge < -0.3 is 9.42 Å². The molecule has 2 aromatic rings. The first-order chi connectivity index (χ1) is 12.8. The molecule has 3 heterocycles. The van der Waals surface area contributed by atoms with Gasteiger partial charge in [-0.1, -0.05) is 25.9 Å². The average molecular weight is 374 g/mol. The van der Waals surface area contributed by atoms with Crippen LogP contribution in [0.4, 0.5) is 0 Å². The van der Waals surface area contributed by atoms with Gasteiger partial charge in [0.05, 0.1) is 17.9 Å². The molecule has 2 aromatic heterocycles. The second kappa shape index (κ2) is 8.35. The van der Waals surface area contributed by atoms with E-state index in [0.717, 1.165) is 62.8 Å². The summed E-state index contributed by atoms with van der Waals surface area (Å²) in [4.78, 5) is 17.0. The van der Waals surface area contributed by atoms with Gasteiger partial charge in [0.25, 0.3) is 5.56 Å². The van der Waals surface area contributed by atoms with Crippen molar-refractivity contribution in [3.8, 4) is 0 Å². The molecule has 7 heteroatoms. The summed E-state index contributed by atoms with van der Waals surface area (Å²) in [5, 5.41) is 8.50. The van der Waals surface area contributed by atoms with Crippen molar-refractivity contribution >= 4 is 0 Å². The van der Waals surface area contributed by atoms with E-state index in [1.807, 2.05) is 19.1 Å². The maximum absolute atomic E-state index is 12.1. The first kappa shape index (κ1) is 19.8. The van der Waals surface area contributed by atoms with Crippen molar-refractivity contribution in [1.29, 1.82) is 0 Å². The molecule has 0 aliphatic carbocycles. The first-order valence-corrected chi connectivity index (χ1v) is 9.77. The quantitative estimate of drug-likeness (QED) is 0.768. The van der Waals surface area contributed by atoms with E-state index in [2.05, 4.69) is 40.8 Å². The van der Waals surface area contributed by atoms with E-state index in [9.17, 15) is 4.79 Å². The molecule has 0 amide bonds. The lowest BCUT2D eigenvalue weighted by Crippen LogP contribution is -2.48. The van der Waals surface area contributed by atoms with E-state index in [0.29, 0.717) is 6.54 Å². The fraction of sp³-hybridized carbons (Fsp3) is 0.650. The van der Waals surface area contributed by atoms with Crippen molar-refractivity contribution < 1.29 is 4.52 Å². The summed E-state index contributed by atoms with van der Waals surface area (Å²) < 4.78 is 6.89. The predicted molar refractivity (Wildman–Crippen MR) is 105 cm³/mol. The molecule has 148 valence electrons. The number of aromatic nitrogens is 3. The highest BCUT2D eigenvalue weighted by Crippen LogP contribution is 2.18. The topological polar surface area (TPSA) is 67.4 Å². The van der Waals surface area contributed by atoms with E-state index < -0.39 is 0 Å². The zero-order chi connectivity index (χ0) is 19.4. The average Bonchev–Trinajstić information content (AvgIpc) is 3.04. The van der Waals surface area contributed by atoms with Crippen LogP contribution in [0.2, 0.25) is 0 Å². The third-order valence-electron chi connectivity index (χ3n) is 5.08. The minimum atomic E-state index is -0.0525. The van der Waals surface area contributed by atoms with Gasteiger partial charge in [-0.05, 0) is 13.0 Å². The highest BCUT2D eigenvalue weighted by Gasteiger charge is 2.19. The van der Waals surface area contributed by atoms with Crippen LogP contribution in [0, 0.1) is 6.92 Å². The Morgan fingerprint density at radius 3 is 2.30 bits per heavy atom.